The molecule has 1 aromatic carbocycles. The highest BCUT2D eigenvalue weighted by Crippen LogP contribution is 2.36. The summed E-state index contributed by atoms with van der Waals surface area (Å²) < 4.78 is 10.8. The molecule has 2 heteroatoms. The SMILES string of the molecule is [2H]c1c(C)[n+](C)c(-c2ccncc2C)c2ccc(C3CCCC3)cc12. The maximum Gasteiger partial charge on any atom is 0.220 e. The van der Waals surface area contributed by atoms with E-state index < -0.39 is 0 Å². The maximum absolute atomic E-state index is 8.68. The van der Waals surface area contributed by atoms with Crippen molar-refractivity contribution in [1.82, 2.24) is 4.98 Å². The van der Waals surface area contributed by atoms with E-state index in [2.05, 4.69) is 47.8 Å². The quantitative estimate of drug-likeness (QED) is 0.608. The van der Waals surface area contributed by atoms with E-state index in [1.807, 2.05) is 19.3 Å². The van der Waals surface area contributed by atoms with E-state index in [-0.39, 0.29) is 0 Å². The van der Waals surface area contributed by atoms with Crippen molar-refractivity contribution in [3.63, 3.8) is 0 Å². The van der Waals surface area contributed by atoms with Crippen molar-refractivity contribution in [2.75, 3.05) is 0 Å². The Kier molecular flexibility index (Phi) is 3.54. The van der Waals surface area contributed by atoms with Gasteiger partial charge < -0.3 is 0 Å². The fourth-order valence-corrected chi connectivity index (χ4v) is 4.08. The summed E-state index contributed by atoms with van der Waals surface area (Å²) in [7, 11) is 2.06. The Morgan fingerprint density at radius 1 is 1.17 bits per heavy atom. The Balaban J connectivity index is 2.01. The normalized spacial score (nSPS) is 15.9. The van der Waals surface area contributed by atoms with Crippen molar-refractivity contribution in [3.8, 4) is 11.3 Å². The number of hydrogen-bond donors (Lipinski definition) is 0. The minimum Gasteiger partial charge on any atom is -0.264 e. The van der Waals surface area contributed by atoms with E-state index in [0.29, 0.717) is 12.0 Å². The van der Waals surface area contributed by atoms with Gasteiger partial charge in [-0.25, -0.2) is 0 Å². The van der Waals surface area contributed by atoms with Crippen LogP contribution in [0.25, 0.3) is 22.0 Å². The number of aromatic nitrogens is 2. The summed E-state index contributed by atoms with van der Waals surface area (Å²) in [6.07, 6.45) is 9.01. The monoisotopic (exact) mass is 318 g/mol. The van der Waals surface area contributed by atoms with Crippen molar-refractivity contribution in [2.24, 2.45) is 7.05 Å². The molecule has 0 spiro atoms. The average Bonchev–Trinajstić information content (AvgIpc) is 3.16. The molecule has 1 aliphatic carbocycles. The first-order valence-corrected chi connectivity index (χ1v) is 8.91. The maximum atomic E-state index is 8.68. The van der Waals surface area contributed by atoms with Gasteiger partial charge in [0.1, 0.15) is 7.05 Å². The first-order chi connectivity index (χ1) is 12.1. The van der Waals surface area contributed by atoms with Crippen LogP contribution in [-0.4, -0.2) is 4.98 Å². The summed E-state index contributed by atoms with van der Waals surface area (Å²) in [6, 6.07) is 9.52. The smallest absolute Gasteiger partial charge is 0.220 e. The van der Waals surface area contributed by atoms with E-state index in [9.17, 15) is 0 Å². The predicted molar refractivity (Wildman–Crippen MR) is 99.0 cm³/mol. The predicted octanol–water partition coefficient (Wildman–Crippen LogP) is 5.00. The molecule has 0 saturated heterocycles. The molecule has 0 aliphatic heterocycles. The van der Waals surface area contributed by atoms with Gasteiger partial charge in [-0.2, -0.15) is 4.57 Å². The van der Waals surface area contributed by atoms with Crippen molar-refractivity contribution in [2.45, 2.75) is 45.4 Å². The van der Waals surface area contributed by atoms with Gasteiger partial charge in [-0.3, -0.25) is 4.98 Å². The third-order valence-corrected chi connectivity index (χ3v) is 5.55. The van der Waals surface area contributed by atoms with Gasteiger partial charge in [-0.05, 0) is 54.3 Å². The number of nitrogens with zero attached hydrogens (tertiary/aromatic N) is 2. The van der Waals surface area contributed by atoms with Crippen molar-refractivity contribution in [3.05, 3.63) is 59.5 Å². The summed E-state index contributed by atoms with van der Waals surface area (Å²) in [5, 5.41) is 2.24. The Hall–Kier alpha value is -2.22. The first kappa shape index (κ1) is 14.2. The van der Waals surface area contributed by atoms with Gasteiger partial charge >= 0.3 is 0 Å². The lowest BCUT2D eigenvalue weighted by Crippen LogP contribution is -2.35. The van der Waals surface area contributed by atoms with Crippen LogP contribution in [0.4, 0.5) is 0 Å². The van der Waals surface area contributed by atoms with E-state index in [4.69, 9.17) is 1.37 Å². The van der Waals surface area contributed by atoms with Crippen LogP contribution in [0.15, 0.2) is 42.7 Å². The second kappa shape index (κ2) is 6.01. The highest BCUT2D eigenvalue weighted by Gasteiger charge is 2.22. The zero-order chi connectivity index (χ0) is 17.6. The summed E-state index contributed by atoms with van der Waals surface area (Å²) >= 11 is 0. The van der Waals surface area contributed by atoms with Crippen LogP contribution < -0.4 is 4.57 Å². The lowest BCUT2D eigenvalue weighted by molar-refractivity contribution is -0.665. The third kappa shape index (κ3) is 2.50. The van der Waals surface area contributed by atoms with E-state index in [1.165, 1.54) is 42.5 Å². The molecule has 3 aromatic rings. The molecular weight excluding hydrogens is 292 g/mol. The Morgan fingerprint density at radius 3 is 2.71 bits per heavy atom. The summed E-state index contributed by atoms with van der Waals surface area (Å²) in [6.45, 7) is 4.15. The molecule has 1 aliphatic rings. The van der Waals surface area contributed by atoms with Crippen LogP contribution >= 0.6 is 0 Å². The number of rotatable bonds is 2. The summed E-state index contributed by atoms with van der Waals surface area (Å²) in [5.74, 6) is 0.671. The van der Waals surface area contributed by atoms with Gasteiger partial charge in [0.05, 0.1) is 12.3 Å². The standard InChI is InChI=1S/C22H25N2/c1-15-14-23-11-10-20(15)22-21-9-8-18(17-6-4-5-7-17)13-19(21)12-16(2)24(22)3/h8-14,17H,4-7H2,1-3H3/q+1/i12D. The fourth-order valence-electron chi connectivity index (χ4n) is 4.08. The Morgan fingerprint density at radius 2 is 1.96 bits per heavy atom. The lowest BCUT2D eigenvalue weighted by atomic mass is 9.93. The van der Waals surface area contributed by atoms with Crippen LogP contribution in [0, 0.1) is 13.8 Å². The van der Waals surface area contributed by atoms with Crippen LogP contribution in [0.1, 0.15) is 49.8 Å². The third-order valence-electron chi connectivity index (χ3n) is 5.55. The molecule has 0 atom stereocenters. The van der Waals surface area contributed by atoms with Crippen LogP contribution in [-0.2, 0) is 7.05 Å². The topological polar surface area (TPSA) is 16.8 Å². The first-order valence-electron chi connectivity index (χ1n) is 9.41. The second-order valence-electron chi connectivity index (χ2n) is 7.10. The van der Waals surface area contributed by atoms with E-state index >= 15 is 0 Å². The highest BCUT2D eigenvalue weighted by molar-refractivity contribution is 5.94. The van der Waals surface area contributed by atoms with Gasteiger partial charge in [0.2, 0.25) is 5.69 Å². The number of hydrogen-bond acceptors (Lipinski definition) is 1. The molecule has 0 bridgehead atoms. The van der Waals surface area contributed by atoms with Crippen LogP contribution in [0.5, 0.6) is 0 Å². The molecule has 4 rings (SSSR count). The molecule has 0 N–H and O–H groups in total. The van der Waals surface area contributed by atoms with Gasteiger partial charge in [0.25, 0.3) is 0 Å². The Labute approximate surface area is 145 Å². The molecular formula is C22H25N2+. The van der Waals surface area contributed by atoms with Crippen molar-refractivity contribution < 1.29 is 5.94 Å². The number of pyridine rings is 2. The molecule has 1 fully saturated rings. The lowest BCUT2D eigenvalue weighted by Gasteiger charge is -2.13. The summed E-state index contributed by atoms with van der Waals surface area (Å²) in [5.41, 5.74) is 5.95. The van der Waals surface area contributed by atoms with E-state index in [0.717, 1.165) is 22.0 Å². The largest absolute Gasteiger partial charge is 0.264 e. The van der Waals surface area contributed by atoms with Gasteiger partial charge in [-0.1, -0.05) is 25.0 Å². The van der Waals surface area contributed by atoms with E-state index in [1.54, 1.807) is 0 Å². The molecule has 24 heavy (non-hydrogen) atoms. The Bertz CT molecular complexity index is 956. The molecule has 0 radical (unpaired) electrons. The van der Waals surface area contributed by atoms with Gasteiger partial charge in [-0.15, -0.1) is 0 Å². The van der Waals surface area contributed by atoms with Gasteiger partial charge in [0, 0.05) is 25.4 Å². The fraction of sp³-hybridized carbons (Fsp3) is 0.364. The molecule has 0 amide bonds. The molecule has 2 nitrogen and oxygen atoms in total. The minimum absolute atomic E-state index is 0.646. The highest BCUT2D eigenvalue weighted by atomic mass is 14.9. The van der Waals surface area contributed by atoms with Crippen LogP contribution in [0.3, 0.4) is 0 Å². The number of aryl methyl sites for hydroxylation is 1. The summed E-state index contributed by atoms with van der Waals surface area (Å²) in [4.78, 5) is 4.24. The molecule has 0 unspecified atom stereocenters. The molecule has 1 saturated carbocycles. The molecule has 2 aromatic heterocycles. The average molecular weight is 318 g/mol. The van der Waals surface area contributed by atoms with Crippen LogP contribution in [0.2, 0.25) is 0 Å². The molecule has 2 heterocycles. The molecule has 122 valence electrons. The number of fused-ring (bicyclic) bond motifs is 1. The van der Waals surface area contributed by atoms with Crippen molar-refractivity contribution >= 4 is 10.8 Å². The minimum atomic E-state index is 0.646. The van der Waals surface area contributed by atoms with Gasteiger partial charge in [0.15, 0.2) is 5.69 Å². The zero-order valence-electron chi connectivity index (χ0n) is 15.8. The zero-order valence-corrected chi connectivity index (χ0v) is 14.8. The second-order valence-corrected chi connectivity index (χ2v) is 7.10. The number of benzene rings is 1. The van der Waals surface area contributed by atoms with Crippen molar-refractivity contribution in [1.29, 1.82) is 0 Å².